The maximum absolute atomic E-state index is 6.80. The molecule has 60 heavy (non-hydrogen) atoms. The standard InChI is InChI=1S/C55H34N4O/c1-3-17-37-29-48-45(27-35(37)15-1)46-28-36-16-2-4-18-38(36)30-49(46)59(48)39-31-47(52-44-23-9-10-26-50(44)60-51(52)32-39)55-57-53(42-24-11-19-33-13-5-7-21-40(33)42)56-54(58-55)43-25-12-20-34-14-6-8-22-41(34)43/h1-32,53H,(H,56,57,58). The Kier molecular flexibility index (Phi) is 7.01. The molecule has 12 aromatic rings. The minimum Gasteiger partial charge on any atom is -0.456 e. The molecule has 0 saturated heterocycles. The van der Waals surface area contributed by atoms with Crippen LogP contribution in [0.25, 0.3) is 92.5 Å². The van der Waals surface area contributed by atoms with Crippen molar-refractivity contribution in [1.82, 2.24) is 9.88 Å². The highest BCUT2D eigenvalue weighted by Crippen LogP contribution is 2.41. The summed E-state index contributed by atoms with van der Waals surface area (Å²) in [7, 11) is 0. The lowest BCUT2D eigenvalue weighted by Crippen LogP contribution is -2.34. The van der Waals surface area contributed by atoms with Crippen molar-refractivity contribution in [2.75, 3.05) is 0 Å². The van der Waals surface area contributed by atoms with Crippen LogP contribution in [0.4, 0.5) is 0 Å². The Hall–Kier alpha value is -8.02. The summed E-state index contributed by atoms with van der Waals surface area (Å²) >= 11 is 0. The molecule has 1 atom stereocenters. The van der Waals surface area contributed by atoms with Gasteiger partial charge in [-0.1, -0.05) is 152 Å². The normalized spacial score (nSPS) is 14.5. The lowest BCUT2D eigenvalue weighted by atomic mass is 9.99. The number of aromatic nitrogens is 1. The van der Waals surface area contributed by atoms with Gasteiger partial charge in [-0.2, -0.15) is 0 Å². The molecule has 10 aromatic carbocycles. The Morgan fingerprint density at radius 2 is 0.983 bits per heavy atom. The summed E-state index contributed by atoms with van der Waals surface area (Å²) in [6.45, 7) is 0. The zero-order valence-corrected chi connectivity index (χ0v) is 32.3. The first-order valence-electron chi connectivity index (χ1n) is 20.4. The second kappa shape index (κ2) is 12.7. The number of nitrogens with one attached hydrogen (secondary N) is 1. The molecular weight excluding hydrogens is 733 g/mol. The molecule has 0 aliphatic carbocycles. The number of furan rings is 1. The molecule has 1 aliphatic heterocycles. The Morgan fingerprint density at radius 3 is 1.68 bits per heavy atom. The van der Waals surface area contributed by atoms with Crippen LogP contribution in [0.1, 0.15) is 22.9 Å². The molecule has 3 heterocycles. The molecule has 1 N–H and O–H groups in total. The molecule has 5 nitrogen and oxygen atoms in total. The molecule has 0 saturated carbocycles. The monoisotopic (exact) mass is 766 g/mol. The van der Waals surface area contributed by atoms with Crippen molar-refractivity contribution in [3.63, 3.8) is 0 Å². The predicted octanol–water partition coefficient (Wildman–Crippen LogP) is 13.8. The van der Waals surface area contributed by atoms with Crippen LogP contribution in [-0.2, 0) is 0 Å². The summed E-state index contributed by atoms with van der Waals surface area (Å²) in [5.74, 6) is 1.42. The molecule has 0 amide bonds. The topological polar surface area (TPSA) is 54.8 Å². The number of rotatable bonds is 4. The third-order valence-electron chi connectivity index (χ3n) is 12.4. The van der Waals surface area contributed by atoms with Crippen LogP contribution >= 0.6 is 0 Å². The highest BCUT2D eigenvalue weighted by atomic mass is 16.3. The molecule has 0 radical (unpaired) electrons. The molecule has 5 heteroatoms. The minimum absolute atomic E-state index is 0.416. The smallest absolute Gasteiger partial charge is 0.160 e. The van der Waals surface area contributed by atoms with Crippen LogP contribution in [0.5, 0.6) is 0 Å². The van der Waals surface area contributed by atoms with E-state index in [2.05, 4.69) is 198 Å². The van der Waals surface area contributed by atoms with Crippen molar-refractivity contribution < 1.29 is 4.42 Å². The molecule has 0 spiro atoms. The number of para-hydroxylation sites is 1. The van der Waals surface area contributed by atoms with E-state index < -0.39 is 6.17 Å². The van der Waals surface area contributed by atoms with Crippen LogP contribution in [0.15, 0.2) is 209 Å². The number of benzene rings is 10. The van der Waals surface area contributed by atoms with E-state index >= 15 is 0 Å². The summed E-state index contributed by atoms with van der Waals surface area (Å²) in [6, 6.07) is 69.3. The first-order valence-corrected chi connectivity index (χ1v) is 20.4. The van der Waals surface area contributed by atoms with Gasteiger partial charge in [-0.25, -0.2) is 9.98 Å². The molecule has 1 unspecified atom stereocenters. The van der Waals surface area contributed by atoms with Gasteiger partial charge in [0, 0.05) is 44.3 Å². The predicted molar refractivity (Wildman–Crippen MR) is 250 cm³/mol. The number of aliphatic imine (C=N–C) groups is 2. The summed E-state index contributed by atoms with van der Waals surface area (Å²) in [5.41, 5.74) is 7.89. The molecular formula is C55H34N4O. The maximum Gasteiger partial charge on any atom is 0.160 e. The van der Waals surface area contributed by atoms with Crippen molar-refractivity contribution in [1.29, 1.82) is 0 Å². The van der Waals surface area contributed by atoms with E-state index in [-0.39, 0.29) is 0 Å². The van der Waals surface area contributed by atoms with Gasteiger partial charge < -0.3 is 14.3 Å². The average Bonchev–Trinajstić information content (AvgIpc) is 3.83. The van der Waals surface area contributed by atoms with E-state index in [1.165, 1.54) is 37.7 Å². The number of hydrogen-bond donors (Lipinski definition) is 1. The van der Waals surface area contributed by atoms with E-state index in [1.54, 1.807) is 0 Å². The fourth-order valence-corrected chi connectivity index (χ4v) is 9.60. The third kappa shape index (κ3) is 4.99. The number of fused-ring (bicyclic) bond motifs is 10. The van der Waals surface area contributed by atoms with Crippen LogP contribution in [0.2, 0.25) is 0 Å². The van der Waals surface area contributed by atoms with E-state index in [4.69, 9.17) is 14.4 Å². The highest BCUT2D eigenvalue weighted by Gasteiger charge is 2.27. The second-order valence-electron chi connectivity index (χ2n) is 15.8. The molecule has 2 aromatic heterocycles. The van der Waals surface area contributed by atoms with Gasteiger partial charge in [0.15, 0.2) is 5.84 Å². The van der Waals surface area contributed by atoms with Gasteiger partial charge in [-0.05, 0) is 79.5 Å². The van der Waals surface area contributed by atoms with Gasteiger partial charge in [-0.3, -0.25) is 0 Å². The minimum atomic E-state index is -0.416. The third-order valence-corrected chi connectivity index (χ3v) is 12.4. The second-order valence-corrected chi connectivity index (χ2v) is 15.8. The number of nitrogens with zero attached hydrogens (tertiary/aromatic N) is 3. The molecule has 0 bridgehead atoms. The number of hydrogen-bond acceptors (Lipinski definition) is 4. The lowest BCUT2D eigenvalue weighted by Gasteiger charge is -2.25. The van der Waals surface area contributed by atoms with Crippen molar-refractivity contribution >= 4 is 98.5 Å². The Morgan fingerprint density at radius 1 is 0.433 bits per heavy atom. The maximum atomic E-state index is 6.80. The summed E-state index contributed by atoms with van der Waals surface area (Å²) in [5, 5.41) is 17.7. The molecule has 1 aliphatic rings. The van der Waals surface area contributed by atoms with E-state index in [1.807, 2.05) is 6.07 Å². The van der Waals surface area contributed by atoms with E-state index in [0.29, 0.717) is 5.84 Å². The molecule has 280 valence electrons. The molecule has 13 rings (SSSR count). The van der Waals surface area contributed by atoms with Gasteiger partial charge in [0.2, 0.25) is 0 Å². The average molecular weight is 767 g/mol. The van der Waals surface area contributed by atoms with E-state index in [0.717, 1.165) is 77.3 Å². The summed E-state index contributed by atoms with van der Waals surface area (Å²) in [4.78, 5) is 10.9. The number of amidine groups is 2. The quantitative estimate of drug-likeness (QED) is 0.194. The molecule has 0 fully saturated rings. The van der Waals surface area contributed by atoms with Gasteiger partial charge in [0.25, 0.3) is 0 Å². The van der Waals surface area contributed by atoms with Crippen LogP contribution in [0.3, 0.4) is 0 Å². The van der Waals surface area contributed by atoms with Crippen LogP contribution < -0.4 is 5.32 Å². The van der Waals surface area contributed by atoms with Gasteiger partial charge in [0.1, 0.15) is 23.2 Å². The van der Waals surface area contributed by atoms with Crippen LogP contribution in [0, 0.1) is 0 Å². The lowest BCUT2D eigenvalue weighted by molar-refractivity contribution is 0.668. The largest absolute Gasteiger partial charge is 0.456 e. The Labute approximate surface area is 344 Å². The SMILES string of the molecule is c1ccc2cc3c(cc2c1)c1cc2ccccc2cc1n3-c1cc(C2=NC(c3cccc4ccccc34)=NC(c3cccc4ccccc34)N2)c2c(c1)oc1ccccc12. The van der Waals surface area contributed by atoms with Crippen molar-refractivity contribution in [2.24, 2.45) is 9.98 Å². The Balaban J connectivity index is 1.12. The summed E-state index contributed by atoms with van der Waals surface area (Å²) in [6.07, 6.45) is -0.416. The zero-order chi connectivity index (χ0) is 39.3. The fourth-order valence-electron chi connectivity index (χ4n) is 9.60. The van der Waals surface area contributed by atoms with E-state index in [9.17, 15) is 0 Å². The van der Waals surface area contributed by atoms with Crippen LogP contribution in [-0.4, -0.2) is 16.2 Å². The van der Waals surface area contributed by atoms with Crippen molar-refractivity contribution in [3.8, 4) is 5.69 Å². The Bertz CT molecular complexity index is 3730. The van der Waals surface area contributed by atoms with Gasteiger partial charge in [0.05, 0.1) is 16.7 Å². The van der Waals surface area contributed by atoms with Gasteiger partial charge in [-0.15, -0.1) is 0 Å². The van der Waals surface area contributed by atoms with Gasteiger partial charge >= 0.3 is 0 Å². The fraction of sp³-hybridized carbons (Fsp3) is 0.0182. The van der Waals surface area contributed by atoms with Crippen molar-refractivity contribution in [3.05, 3.63) is 211 Å². The summed E-state index contributed by atoms with van der Waals surface area (Å²) < 4.78 is 9.21. The first kappa shape index (κ1) is 33.0. The highest BCUT2D eigenvalue weighted by molar-refractivity contribution is 6.24. The first-order chi connectivity index (χ1) is 29.7. The van der Waals surface area contributed by atoms with Crippen molar-refractivity contribution in [2.45, 2.75) is 6.17 Å². The zero-order valence-electron chi connectivity index (χ0n) is 32.3.